The zero-order valence-corrected chi connectivity index (χ0v) is 9.43. The van der Waals surface area contributed by atoms with Crippen molar-refractivity contribution in [2.75, 3.05) is 5.32 Å². The first-order valence-electron chi connectivity index (χ1n) is 4.47. The molecule has 16 heavy (non-hydrogen) atoms. The lowest BCUT2D eigenvalue weighted by atomic mass is 10.2. The summed E-state index contributed by atoms with van der Waals surface area (Å²) in [6.07, 6.45) is 0. The Balaban J connectivity index is 2.65. The Labute approximate surface area is 98.0 Å². The summed E-state index contributed by atoms with van der Waals surface area (Å²) < 4.78 is 0. The Morgan fingerprint density at radius 1 is 1.25 bits per heavy atom. The van der Waals surface area contributed by atoms with Crippen LogP contribution in [0.4, 0.5) is 5.69 Å². The first-order chi connectivity index (χ1) is 7.49. The fourth-order valence-corrected chi connectivity index (χ4v) is 1.30. The summed E-state index contributed by atoms with van der Waals surface area (Å²) in [5.74, 6) is -0.734. The minimum absolute atomic E-state index is 0.208. The van der Waals surface area contributed by atoms with E-state index in [9.17, 15) is 9.59 Å². The molecule has 0 fully saturated rings. The first kappa shape index (κ1) is 12.1. The lowest BCUT2D eigenvalue weighted by Gasteiger charge is -2.07. The predicted molar refractivity (Wildman–Crippen MR) is 65.0 cm³/mol. The molecular weight excluding hydrogens is 226 g/mol. The number of amides is 2. The van der Waals surface area contributed by atoms with Gasteiger partial charge in [0, 0.05) is 18.2 Å². The summed E-state index contributed by atoms with van der Waals surface area (Å²) in [7, 11) is 0. The number of anilines is 1. The Morgan fingerprint density at radius 2 is 1.81 bits per heavy atom. The van der Waals surface area contributed by atoms with Gasteiger partial charge in [-0.25, -0.2) is 0 Å². The van der Waals surface area contributed by atoms with Crippen molar-refractivity contribution >= 4 is 34.8 Å². The second-order valence-corrected chi connectivity index (χ2v) is 3.49. The average molecular weight is 237 g/mol. The summed E-state index contributed by atoms with van der Waals surface area (Å²) in [6, 6.07) is 6.44. The zero-order chi connectivity index (χ0) is 12.1. The molecule has 0 radical (unpaired) electrons. The van der Waals surface area contributed by atoms with E-state index in [1.54, 1.807) is 24.3 Å². The van der Waals surface area contributed by atoms with Crippen LogP contribution in [-0.2, 0) is 4.79 Å². The van der Waals surface area contributed by atoms with Gasteiger partial charge in [0.25, 0.3) is 0 Å². The van der Waals surface area contributed by atoms with Gasteiger partial charge in [0.2, 0.25) is 11.8 Å². The van der Waals surface area contributed by atoms with Crippen LogP contribution in [0.15, 0.2) is 24.3 Å². The summed E-state index contributed by atoms with van der Waals surface area (Å²) in [4.78, 5) is 21.5. The summed E-state index contributed by atoms with van der Waals surface area (Å²) in [6.45, 7) is 1.37. The highest BCUT2D eigenvalue weighted by molar-refractivity contribution is 7.80. The van der Waals surface area contributed by atoms with Gasteiger partial charge in [-0.05, 0) is 36.5 Å². The number of nitrogens with one attached hydrogen (secondary N) is 2. The number of nitrogens with two attached hydrogens (primary N) is 1. The number of thiocarbonyl (C=S) groups is 1. The van der Waals surface area contributed by atoms with Crippen molar-refractivity contribution in [3.63, 3.8) is 0 Å². The van der Waals surface area contributed by atoms with E-state index in [4.69, 9.17) is 18.0 Å². The smallest absolute Gasteiger partial charge is 0.248 e. The molecule has 4 N–H and O–H groups in total. The molecule has 5 nitrogen and oxygen atoms in total. The van der Waals surface area contributed by atoms with Crippen LogP contribution in [-0.4, -0.2) is 16.9 Å². The van der Waals surface area contributed by atoms with Gasteiger partial charge in [-0.15, -0.1) is 0 Å². The molecule has 0 unspecified atom stereocenters. The largest absolute Gasteiger partial charge is 0.366 e. The molecule has 0 aliphatic carbocycles. The third kappa shape index (κ3) is 3.66. The van der Waals surface area contributed by atoms with Crippen molar-refractivity contribution in [2.24, 2.45) is 5.73 Å². The van der Waals surface area contributed by atoms with Crippen LogP contribution in [0, 0.1) is 0 Å². The highest BCUT2D eigenvalue weighted by atomic mass is 32.1. The molecule has 1 aromatic rings. The second kappa shape index (κ2) is 5.22. The molecule has 1 rings (SSSR count). The molecule has 1 aromatic carbocycles. The van der Waals surface area contributed by atoms with Crippen LogP contribution in [0.1, 0.15) is 17.3 Å². The van der Waals surface area contributed by atoms with Crippen molar-refractivity contribution in [1.82, 2.24) is 5.32 Å². The lowest BCUT2D eigenvalue weighted by molar-refractivity contribution is -0.117. The van der Waals surface area contributed by atoms with Gasteiger partial charge < -0.3 is 16.4 Å². The SMILES string of the molecule is CC(=O)NC(=S)Nc1ccc(C(N)=O)cc1. The number of rotatable bonds is 2. The van der Waals surface area contributed by atoms with E-state index in [1.807, 2.05) is 0 Å². The third-order valence-electron chi connectivity index (χ3n) is 1.72. The minimum Gasteiger partial charge on any atom is -0.366 e. The fourth-order valence-electron chi connectivity index (χ4n) is 1.04. The highest BCUT2D eigenvalue weighted by Crippen LogP contribution is 2.08. The van der Waals surface area contributed by atoms with Crippen LogP contribution >= 0.6 is 12.2 Å². The van der Waals surface area contributed by atoms with E-state index in [-0.39, 0.29) is 11.0 Å². The van der Waals surface area contributed by atoms with Gasteiger partial charge in [0.05, 0.1) is 0 Å². The maximum Gasteiger partial charge on any atom is 0.248 e. The van der Waals surface area contributed by atoms with Gasteiger partial charge in [0.1, 0.15) is 0 Å². The monoisotopic (exact) mass is 237 g/mol. The van der Waals surface area contributed by atoms with Crippen LogP contribution in [0.5, 0.6) is 0 Å². The lowest BCUT2D eigenvalue weighted by Crippen LogP contribution is -2.32. The van der Waals surface area contributed by atoms with Crippen molar-refractivity contribution in [1.29, 1.82) is 0 Å². The molecule has 0 heterocycles. The molecule has 0 saturated heterocycles. The molecular formula is C10H11N3O2S. The van der Waals surface area contributed by atoms with Crippen LogP contribution in [0.2, 0.25) is 0 Å². The molecule has 0 atom stereocenters. The number of primary amides is 1. The number of carbonyl (C=O) groups excluding carboxylic acids is 2. The normalized spacial score (nSPS) is 9.31. The molecule has 2 amide bonds. The molecule has 0 saturated carbocycles. The molecule has 0 aliphatic heterocycles. The van der Waals surface area contributed by atoms with Crippen LogP contribution < -0.4 is 16.4 Å². The van der Waals surface area contributed by atoms with Crippen LogP contribution in [0.25, 0.3) is 0 Å². The van der Waals surface area contributed by atoms with E-state index >= 15 is 0 Å². The quantitative estimate of drug-likeness (QED) is 0.658. The number of hydrogen-bond donors (Lipinski definition) is 3. The second-order valence-electron chi connectivity index (χ2n) is 3.08. The van der Waals surface area contributed by atoms with Crippen LogP contribution in [0.3, 0.4) is 0 Å². The van der Waals surface area contributed by atoms with E-state index in [2.05, 4.69) is 10.6 Å². The Hall–Kier alpha value is -1.95. The van der Waals surface area contributed by atoms with Crippen molar-refractivity contribution in [3.8, 4) is 0 Å². The van der Waals surface area contributed by atoms with E-state index < -0.39 is 5.91 Å². The maximum absolute atomic E-state index is 10.8. The van der Waals surface area contributed by atoms with Gasteiger partial charge >= 0.3 is 0 Å². The summed E-state index contributed by atoms with van der Waals surface area (Å²) >= 11 is 4.86. The molecule has 0 aliphatic rings. The number of carbonyl (C=O) groups is 2. The van der Waals surface area contributed by atoms with Gasteiger partial charge in [0.15, 0.2) is 5.11 Å². The average Bonchev–Trinajstić information content (AvgIpc) is 2.16. The zero-order valence-electron chi connectivity index (χ0n) is 8.61. The third-order valence-corrected chi connectivity index (χ3v) is 1.92. The Morgan fingerprint density at radius 3 is 2.25 bits per heavy atom. The van der Waals surface area contributed by atoms with E-state index in [0.29, 0.717) is 11.3 Å². The summed E-state index contributed by atoms with van der Waals surface area (Å²) in [5, 5.41) is 5.41. The predicted octanol–water partition coefficient (Wildman–Crippen LogP) is 0.618. The van der Waals surface area contributed by atoms with Gasteiger partial charge in [-0.1, -0.05) is 0 Å². The molecule has 6 heteroatoms. The van der Waals surface area contributed by atoms with Gasteiger partial charge in [-0.3, -0.25) is 9.59 Å². The number of hydrogen-bond acceptors (Lipinski definition) is 3. The number of benzene rings is 1. The standard InChI is InChI=1S/C10H11N3O2S/c1-6(14)12-10(16)13-8-4-2-7(3-5-8)9(11)15/h2-5H,1H3,(H2,11,15)(H2,12,13,14,16). The van der Waals surface area contributed by atoms with E-state index in [0.717, 1.165) is 0 Å². The van der Waals surface area contributed by atoms with Crippen molar-refractivity contribution in [2.45, 2.75) is 6.92 Å². The molecule has 84 valence electrons. The molecule has 0 spiro atoms. The highest BCUT2D eigenvalue weighted by Gasteiger charge is 2.01. The first-order valence-corrected chi connectivity index (χ1v) is 4.88. The fraction of sp³-hybridized carbons (Fsp3) is 0.100. The molecule has 0 aromatic heterocycles. The molecule has 0 bridgehead atoms. The minimum atomic E-state index is -0.490. The Kier molecular flexibility index (Phi) is 3.96. The van der Waals surface area contributed by atoms with Gasteiger partial charge in [-0.2, -0.15) is 0 Å². The Bertz CT molecular complexity index is 428. The summed E-state index contributed by atoms with van der Waals surface area (Å²) in [5.41, 5.74) is 6.17. The topological polar surface area (TPSA) is 84.2 Å². The van der Waals surface area contributed by atoms with Crippen molar-refractivity contribution < 1.29 is 9.59 Å². The maximum atomic E-state index is 10.8. The van der Waals surface area contributed by atoms with E-state index in [1.165, 1.54) is 6.92 Å². The van der Waals surface area contributed by atoms with Crippen molar-refractivity contribution in [3.05, 3.63) is 29.8 Å².